The van der Waals surface area contributed by atoms with Crippen molar-refractivity contribution in [1.29, 1.82) is 0 Å². The molecule has 102 valence electrons. The number of phenolic OH excluding ortho intramolecular Hbond substituents is 1. The van der Waals surface area contributed by atoms with E-state index >= 15 is 0 Å². The van der Waals surface area contributed by atoms with Gasteiger partial charge in [-0.3, -0.25) is 0 Å². The molecule has 2 rings (SSSR count). The molecule has 0 unspecified atom stereocenters. The standard InChI is InChI=1S/C19H20O/c1-14(2)12-13-16-8-4-5-9-17(16)15(3)18-10-6-7-11-19(18)20/h4-12,20H,3,13H2,1-2H3. The van der Waals surface area contributed by atoms with Gasteiger partial charge in [0, 0.05) is 5.56 Å². The van der Waals surface area contributed by atoms with Gasteiger partial charge in [-0.2, -0.15) is 0 Å². The molecule has 0 saturated heterocycles. The Balaban J connectivity index is 2.40. The van der Waals surface area contributed by atoms with Crippen LogP contribution in [0.1, 0.15) is 30.5 Å². The van der Waals surface area contributed by atoms with Crippen LogP contribution in [0.25, 0.3) is 5.57 Å². The van der Waals surface area contributed by atoms with E-state index in [9.17, 15) is 5.11 Å². The lowest BCUT2D eigenvalue weighted by atomic mass is 9.93. The highest BCUT2D eigenvalue weighted by molar-refractivity contribution is 5.82. The lowest BCUT2D eigenvalue weighted by Gasteiger charge is -2.12. The van der Waals surface area contributed by atoms with Crippen LogP contribution in [0.2, 0.25) is 0 Å². The maximum Gasteiger partial charge on any atom is 0.123 e. The van der Waals surface area contributed by atoms with Crippen molar-refractivity contribution in [2.75, 3.05) is 0 Å². The van der Waals surface area contributed by atoms with Gasteiger partial charge in [0.25, 0.3) is 0 Å². The fourth-order valence-electron chi connectivity index (χ4n) is 2.18. The Morgan fingerprint density at radius 1 is 1.00 bits per heavy atom. The number of hydrogen-bond donors (Lipinski definition) is 1. The molecule has 1 nitrogen and oxygen atoms in total. The van der Waals surface area contributed by atoms with Crippen LogP contribution in [-0.4, -0.2) is 5.11 Å². The van der Waals surface area contributed by atoms with Crippen LogP contribution >= 0.6 is 0 Å². The van der Waals surface area contributed by atoms with Crippen LogP contribution in [-0.2, 0) is 6.42 Å². The molecule has 0 saturated carbocycles. The third-order valence-corrected chi connectivity index (χ3v) is 3.30. The van der Waals surface area contributed by atoms with E-state index in [4.69, 9.17) is 0 Å². The van der Waals surface area contributed by atoms with Gasteiger partial charge in [0.05, 0.1) is 0 Å². The molecule has 2 aromatic carbocycles. The summed E-state index contributed by atoms with van der Waals surface area (Å²) in [6.07, 6.45) is 3.09. The minimum atomic E-state index is 0.273. The summed E-state index contributed by atoms with van der Waals surface area (Å²) in [6, 6.07) is 15.5. The van der Waals surface area contributed by atoms with E-state index in [1.807, 2.05) is 30.3 Å². The van der Waals surface area contributed by atoms with E-state index < -0.39 is 0 Å². The number of allylic oxidation sites excluding steroid dienone is 2. The Morgan fingerprint density at radius 3 is 2.25 bits per heavy atom. The molecule has 0 radical (unpaired) electrons. The third-order valence-electron chi connectivity index (χ3n) is 3.30. The van der Waals surface area contributed by atoms with Crippen LogP contribution in [0, 0.1) is 0 Å². The number of hydrogen-bond acceptors (Lipinski definition) is 1. The number of aromatic hydroxyl groups is 1. The Bertz CT molecular complexity index is 646. The molecule has 0 aliphatic rings. The smallest absolute Gasteiger partial charge is 0.123 e. The predicted molar refractivity (Wildman–Crippen MR) is 85.8 cm³/mol. The fraction of sp³-hybridized carbons (Fsp3) is 0.158. The molecule has 0 aliphatic carbocycles. The van der Waals surface area contributed by atoms with Crippen LogP contribution < -0.4 is 0 Å². The van der Waals surface area contributed by atoms with E-state index in [1.165, 1.54) is 11.1 Å². The zero-order chi connectivity index (χ0) is 14.5. The molecule has 0 heterocycles. The van der Waals surface area contributed by atoms with E-state index in [2.05, 4.69) is 38.6 Å². The van der Waals surface area contributed by atoms with Gasteiger partial charge < -0.3 is 5.11 Å². The predicted octanol–water partition coefficient (Wildman–Crippen LogP) is 4.96. The van der Waals surface area contributed by atoms with Gasteiger partial charge in [-0.25, -0.2) is 0 Å². The molecule has 1 heteroatoms. The number of phenols is 1. The van der Waals surface area contributed by atoms with Crippen LogP contribution in [0.15, 0.2) is 66.8 Å². The van der Waals surface area contributed by atoms with Gasteiger partial charge >= 0.3 is 0 Å². The van der Waals surface area contributed by atoms with E-state index in [-0.39, 0.29) is 5.75 Å². The van der Waals surface area contributed by atoms with E-state index in [1.54, 1.807) is 6.07 Å². The second-order valence-electron chi connectivity index (χ2n) is 5.14. The van der Waals surface area contributed by atoms with Gasteiger partial charge in [-0.05, 0) is 43.0 Å². The van der Waals surface area contributed by atoms with Crippen LogP contribution in [0.4, 0.5) is 0 Å². The first-order chi connectivity index (χ1) is 9.59. The lowest BCUT2D eigenvalue weighted by molar-refractivity contribution is 0.473. The summed E-state index contributed by atoms with van der Waals surface area (Å²) in [5.74, 6) is 0.273. The monoisotopic (exact) mass is 264 g/mol. The SMILES string of the molecule is C=C(c1ccccc1O)c1ccccc1CC=C(C)C. The average Bonchev–Trinajstić information content (AvgIpc) is 2.45. The second-order valence-corrected chi connectivity index (χ2v) is 5.14. The molecule has 0 amide bonds. The normalized spacial score (nSPS) is 10.1. The maximum atomic E-state index is 9.98. The van der Waals surface area contributed by atoms with Crippen LogP contribution in [0.5, 0.6) is 5.75 Å². The van der Waals surface area contributed by atoms with Gasteiger partial charge in [0.1, 0.15) is 5.75 Å². The summed E-state index contributed by atoms with van der Waals surface area (Å²) in [6.45, 7) is 8.36. The molecular formula is C19H20O. The quantitative estimate of drug-likeness (QED) is 0.774. The van der Waals surface area contributed by atoms with Crippen molar-refractivity contribution in [1.82, 2.24) is 0 Å². The third kappa shape index (κ3) is 3.18. The highest BCUT2D eigenvalue weighted by Crippen LogP contribution is 2.30. The average molecular weight is 264 g/mol. The summed E-state index contributed by atoms with van der Waals surface area (Å²) in [4.78, 5) is 0. The zero-order valence-electron chi connectivity index (χ0n) is 12.1. The summed E-state index contributed by atoms with van der Waals surface area (Å²) in [5, 5.41) is 9.98. The highest BCUT2D eigenvalue weighted by Gasteiger charge is 2.09. The van der Waals surface area contributed by atoms with Gasteiger partial charge in [-0.15, -0.1) is 0 Å². The molecule has 1 N–H and O–H groups in total. The fourth-order valence-corrected chi connectivity index (χ4v) is 2.18. The molecular weight excluding hydrogens is 244 g/mol. The molecule has 0 aliphatic heterocycles. The molecule has 0 bridgehead atoms. The van der Waals surface area contributed by atoms with Crippen molar-refractivity contribution in [3.63, 3.8) is 0 Å². The maximum absolute atomic E-state index is 9.98. The van der Waals surface area contributed by atoms with Gasteiger partial charge in [0.2, 0.25) is 0 Å². The molecule has 0 atom stereocenters. The van der Waals surface area contributed by atoms with Crippen molar-refractivity contribution < 1.29 is 5.11 Å². The topological polar surface area (TPSA) is 20.2 Å². The largest absolute Gasteiger partial charge is 0.507 e. The lowest BCUT2D eigenvalue weighted by Crippen LogP contribution is -1.94. The van der Waals surface area contributed by atoms with Crippen molar-refractivity contribution in [2.24, 2.45) is 0 Å². The summed E-state index contributed by atoms with van der Waals surface area (Å²) in [5.41, 5.74) is 5.26. The summed E-state index contributed by atoms with van der Waals surface area (Å²) in [7, 11) is 0. The van der Waals surface area contributed by atoms with E-state index in [0.29, 0.717) is 0 Å². The minimum absolute atomic E-state index is 0.273. The minimum Gasteiger partial charge on any atom is -0.507 e. The highest BCUT2D eigenvalue weighted by atomic mass is 16.3. The second kappa shape index (κ2) is 6.25. The van der Waals surface area contributed by atoms with E-state index in [0.717, 1.165) is 23.1 Å². The number of para-hydroxylation sites is 1. The number of rotatable bonds is 4. The van der Waals surface area contributed by atoms with Crippen molar-refractivity contribution in [3.8, 4) is 5.75 Å². The summed E-state index contributed by atoms with van der Waals surface area (Å²) >= 11 is 0. The first-order valence-corrected chi connectivity index (χ1v) is 6.78. The van der Waals surface area contributed by atoms with Crippen molar-refractivity contribution in [2.45, 2.75) is 20.3 Å². The molecule has 2 aromatic rings. The number of benzene rings is 2. The molecule has 0 fully saturated rings. The van der Waals surface area contributed by atoms with Crippen LogP contribution in [0.3, 0.4) is 0 Å². The Labute approximate surface area is 120 Å². The Morgan fingerprint density at radius 2 is 1.60 bits per heavy atom. The zero-order valence-corrected chi connectivity index (χ0v) is 12.1. The Kier molecular flexibility index (Phi) is 4.41. The molecule has 0 spiro atoms. The summed E-state index contributed by atoms with van der Waals surface area (Å²) < 4.78 is 0. The Hall–Kier alpha value is -2.28. The first kappa shape index (κ1) is 14.1. The first-order valence-electron chi connectivity index (χ1n) is 6.78. The van der Waals surface area contributed by atoms with Crippen molar-refractivity contribution in [3.05, 3.63) is 83.4 Å². The van der Waals surface area contributed by atoms with Gasteiger partial charge in [-0.1, -0.05) is 60.7 Å². The molecule has 20 heavy (non-hydrogen) atoms. The van der Waals surface area contributed by atoms with Crippen molar-refractivity contribution >= 4 is 5.57 Å². The van der Waals surface area contributed by atoms with Gasteiger partial charge in [0.15, 0.2) is 0 Å². The molecule has 0 aromatic heterocycles.